The summed E-state index contributed by atoms with van der Waals surface area (Å²) in [5.41, 5.74) is 1.03. The molecule has 18 heavy (non-hydrogen) atoms. The summed E-state index contributed by atoms with van der Waals surface area (Å²) < 4.78 is 0. The van der Waals surface area contributed by atoms with Crippen molar-refractivity contribution in [1.29, 1.82) is 0 Å². The minimum atomic E-state index is 0.742. The Morgan fingerprint density at radius 2 is 1.89 bits per heavy atom. The van der Waals surface area contributed by atoms with Crippen LogP contribution in [0, 0.1) is 20.8 Å². The Kier molecular flexibility index (Phi) is 3.76. The normalized spacial score (nSPS) is 10.4. The number of anilines is 2. The molecule has 2 heterocycles. The lowest BCUT2D eigenvalue weighted by Gasteiger charge is -2.11. The van der Waals surface area contributed by atoms with Crippen LogP contribution in [-0.2, 0) is 6.54 Å². The molecule has 0 aromatic carbocycles. The second-order valence-electron chi connectivity index (χ2n) is 4.04. The lowest BCUT2D eigenvalue weighted by molar-refractivity contribution is 1.01. The van der Waals surface area contributed by atoms with Crippen LogP contribution < -0.4 is 10.6 Å². The van der Waals surface area contributed by atoms with E-state index >= 15 is 0 Å². The molecular weight excluding hydrogens is 246 g/mol. The fourth-order valence-electron chi connectivity index (χ4n) is 1.70. The summed E-state index contributed by atoms with van der Waals surface area (Å²) in [6.07, 6.45) is 1.90. The van der Waals surface area contributed by atoms with Crippen LogP contribution in [0.2, 0.25) is 0 Å². The monoisotopic (exact) mass is 263 g/mol. The van der Waals surface area contributed by atoms with Gasteiger partial charge in [-0.1, -0.05) is 0 Å². The highest BCUT2D eigenvalue weighted by Gasteiger charge is 2.08. The van der Waals surface area contributed by atoms with E-state index in [0.717, 1.165) is 34.6 Å². The lowest BCUT2D eigenvalue weighted by Crippen LogP contribution is -2.07. The van der Waals surface area contributed by atoms with E-state index in [1.165, 1.54) is 4.88 Å². The van der Waals surface area contributed by atoms with E-state index in [1.807, 2.05) is 34.0 Å². The molecule has 2 aromatic heterocycles. The summed E-state index contributed by atoms with van der Waals surface area (Å²) in [5.74, 6) is 2.50. The molecule has 0 saturated heterocycles. The molecule has 0 atom stereocenters. The average Bonchev–Trinajstić information content (AvgIpc) is 2.75. The second-order valence-corrected chi connectivity index (χ2v) is 5.36. The highest BCUT2D eigenvalue weighted by molar-refractivity contribution is 7.11. The van der Waals surface area contributed by atoms with E-state index < -0.39 is 0 Å². The fraction of sp³-hybridized carbons (Fsp3) is 0.417. The van der Waals surface area contributed by atoms with E-state index in [2.05, 4.69) is 25.6 Å². The van der Waals surface area contributed by atoms with Crippen molar-refractivity contribution in [2.24, 2.45) is 0 Å². The third kappa shape index (κ3) is 2.76. The molecule has 0 aliphatic heterocycles. The molecule has 0 amide bonds. The summed E-state index contributed by atoms with van der Waals surface area (Å²) >= 11 is 1.69. The molecule has 2 aromatic rings. The SMILES string of the molecule is CNc1nc(C)nc(NCc2cnc(C)s2)c1C. The van der Waals surface area contributed by atoms with Crippen LogP contribution in [0.5, 0.6) is 0 Å². The van der Waals surface area contributed by atoms with Crippen molar-refractivity contribution >= 4 is 23.0 Å². The molecule has 5 nitrogen and oxygen atoms in total. The highest BCUT2D eigenvalue weighted by Crippen LogP contribution is 2.20. The number of hydrogen-bond acceptors (Lipinski definition) is 6. The zero-order valence-electron chi connectivity index (χ0n) is 11.0. The molecule has 6 heteroatoms. The van der Waals surface area contributed by atoms with Crippen LogP contribution in [0.1, 0.15) is 21.3 Å². The van der Waals surface area contributed by atoms with Crippen molar-refractivity contribution in [2.75, 3.05) is 17.7 Å². The quantitative estimate of drug-likeness (QED) is 0.887. The van der Waals surface area contributed by atoms with Crippen LogP contribution in [0.15, 0.2) is 6.20 Å². The fourth-order valence-corrected chi connectivity index (χ4v) is 2.44. The van der Waals surface area contributed by atoms with Crippen molar-refractivity contribution < 1.29 is 0 Å². The number of rotatable bonds is 4. The molecule has 2 N–H and O–H groups in total. The molecule has 0 unspecified atom stereocenters. The van der Waals surface area contributed by atoms with Crippen molar-refractivity contribution in [1.82, 2.24) is 15.0 Å². The van der Waals surface area contributed by atoms with Crippen molar-refractivity contribution in [3.8, 4) is 0 Å². The Hall–Kier alpha value is -1.69. The van der Waals surface area contributed by atoms with Crippen LogP contribution in [-0.4, -0.2) is 22.0 Å². The van der Waals surface area contributed by atoms with Crippen molar-refractivity contribution in [2.45, 2.75) is 27.3 Å². The largest absolute Gasteiger partial charge is 0.373 e. The number of hydrogen-bond donors (Lipinski definition) is 2. The van der Waals surface area contributed by atoms with Crippen LogP contribution in [0.25, 0.3) is 0 Å². The summed E-state index contributed by atoms with van der Waals surface area (Å²) in [5, 5.41) is 7.50. The minimum absolute atomic E-state index is 0.742. The summed E-state index contributed by atoms with van der Waals surface area (Å²) in [4.78, 5) is 14.2. The van der Waals surface area contributed by atoms with Gasteiger partial charge in [0, 0.05) is 23.7 Å². The maximum atomic E-state index is 4.43. The topological polar surface area (TPSA) is 62.7 Å². The zero-order valence-corrected chi connectivity index (χ0v) is 11.9. The van der Waals surface area contributed by atoms with Gasteiger partial charge in [0.2, 0.25) is 0 Å². The third-order valence-electron chi connectivity index (χ3n) is 2.59. The van der Waals surface area contributed by atoms with E-state index in [9.17, 15) is 0 Å². The van der Waals surface area contributed by atoms with Gasteiger partial charge in [0.15, 0.2) is 0 Å². The Morgan fingerprint density at radius 1 is 1.17 bits per heavy atom. The average molecular weight is 263 g/mol. The molecule has 0 bridgehead atoms. The molecular formula is C12H17N5S. The molecule has 0 radical (unpaired) electrons. The Labute approximate surface area is 111 Å². The van der Waals surface area contributed by atoms with E-state index in [-0.39, 0.29) is 0 Å². The second kappa shape index (κ2) is 5.30. The number of aryl methyl sites for hydroxylation is 2. The van der Waals surface area contributed by atoms with Gasteiger partial charge in [-0.05, 0) is 20.8 Å². The Bertz CT molecular complexity index is 549. The smallest absolute Gasteiger partial charge is 0.135 e. The predicted molar refractivity (Wildman–Crippen MR) is 75.2 cm³/mol. The van der Waals surface area contributed by atoms with Gasteiger partial charge in [0.05, 0.1) is 11.6 Å². The zero-order chi connectivity index (χ0) is 13.1. The molecule has 2 rings (SSSR count). The minimum Gasteiger partial charge on any atom is -0.373 e. The first-order chi connectivity index (χ1) is 8.60. The van der Waals surface area contributed by atoms with Crippen LogP contribution >= 0.6 is 11.3 Å². The number of thiazole rings is 1. The summed E-state index contributed by atoms with van der Waals surface area (Å²) in [7, 11) is 1.87. The Balaban J connectivity index is 2.16. The molecule has 0 spiro atoms. The van der Waals surface area contributed by atoms with E-state index in [4.69, 9.17) is 0 Å². The lowest BCUT2D eigenvalue weighted by atomic mass is 10.3. The van der Waals surface area contributed by atoms with Crippen LogP contribution in [0.3, 0.4) is 0 Å². The van der Waals surface area contributed by atoms with Gasteiger partial charge in [-0.25, -0.2) is 15.0 Å². The molecule has 96 valence electrons. The molecule has 0 fully saturated rings. The predicted octanol–water partition coefficient (Wildman–Crippen LogP) is 2.51. The summed E-state index contributed by atoms with van der Waals surface area (Å²) in [6, 6.07) is 0. The molecule has 0 aliphatic carbocycles. The first-order valence-corrected chi connectivity index (χ1v) is 6.60. The summed E-state index contributed by atoms with van der Waals surface area (Å²) in [6.45, 7) is 6.65. The van der Waals surface area contributed by atoms with Gasteiger partial charge in [-0.2, -0.15) is 0 Å². The highest BCUT2D eigenvalue weighted by atomic mass is 32.1. The first-order valence-electron chi connectivity index (χ1n) is 5.78. The van der Waals surface area contributed by atoms with Gasteiger partial charge >= 0.3 is 0 Å². The van der Waals surface area contributed by atoms with Gasteiger partial charge < -0.3 is 10.6 Å². The van der Waals surface area contributed by atoms with Gasteiger partial charge in [-0.15, -0.1) is 11.3 Å². The standard InChI is InChI=1S/C12H17N5S/c1-7-11(13-4)16-8(2)17-12(7)15-6-10-5-14-9(3)18-10/h5H,6H2,1-4H3,(H2,13,15,16,17). The van der Waals surface area contributed by atoms with E-state index in [1.54, 1.807) is 11.3 Å². The molecule has 0 aliphatic rings. The number of aromatic nitrogens is 3. The first kappa shape index (κ1) is 12.8. The van der Waals surface area contributed by atoms with Gasteiger partial charge in [0.1, 0.15) is 17.5 Å². The maximum absolute atomic E-state index is 4.43. The number of nitrogens with one attached hydrogen (secondary N) is 2. The molecule has 0 saturated carbocycles. The van der Waals surface area contributed by atoms with Crippen molar-refractivity contribution in [3.05, 3.63) is 27.5 Å². The Morgan fingerprint density at radius 3 is 2.50 bits per heavy atom. The maximum Gasteiger partial charge on any atom is 0.135 e. The van der Waals surface area contributed by atoms with Gasteiger partial charge in [-0.3, -0.25) is 0 Å². The number of nitrogens with zero attached hydrogens (tertiary/aromatic N) is 3. The van der Waals surface area contributed by atoms with Crippen LogP contribution in [0.4, 0.5) is 11.6 Å². The third-order valence-corrected chi connectivity index (χ3v) is 3.51. The van der Waals surface area contributed by atoms with E-state index in [0.29, 0.717) is 0 Å². The van der Waals surface area contributed by atoms with Crippen molar-refractivity contribution in [3.63, 3.8) is 0 Å². The van der Waals surface area contributed by atoms with Gasteiger partial charge in [0.25, 0.3) is 0 Å².